The number of carbonyl (C=O) groups is 2. The van der Waals surface area contributed by atoms with Crippen LogP contribution in [-0.4, -0.2) is 24.1 Å². The molecule has 0 heterocycles. The SMILES string of the molecule is CCc1ccc(NC(=O)[C@@H](C)OC(=O)[C@H](C)Oc2ccc(Cl)cc2Cl)cc1. The van der Waals surface area contributed by atoms with E-state index in [4.69, 9.17) is 32.7 Å². The minimum absolute atomic E-state index is 0.281. The molecule has 0 saturated heterocycles. The Kier molecular flexibility index (Phi) is 7.51. The quantitative estimate of drug-likeness (QED) is 0.660. The third-order valence-electron chi connectivity index (χ3n) is 3.82. The average Bonchev–Trinajstić information content (AvgIpc) is 2.64. The van der Waals surface area contributed by atoms with Crippen LogP contribution in [0.4, 0.5) is 5.69 Å². The molecule has 7 heteroatoms. The number of hydrogen-bond donors (Lipinski definition) is 1. The van der Waals surface area contributed by atoms with E-state index in [1.54, 1.807) is 24.3 Å². The molecule has 2 rings (SSSR count). The summed E-state index contributed by atoms with van der Waals surface area (Å²) in [5.74, 6) is -0.798. The Balaban J connectivity index is 1.89. The smallest absolute Gasteiger partial charge is 0.347 e. The van der Waals surface area contributed by atoms with Crippen molar-refractivity contribution in [2.75, 3.05) is 5.32 Å². The molecule has 0 spiro atoms. The first kappa shape index (κ1) is 21.1. The van der Waals surface area contributed by atoms with Gasteiger partial charge in [-0.15, -0.1) is 0 Å². The number of ether oxygens (including phenoxy) is 2. The van der Waals surface area contributed by atoms with Crippen molar-refractivity contribution in [1.82, 2.24) is 0 Å². The molecule has 2 aromatic carbocycles. The van der Waals surface area contributed by atoms with E-state index in [0.717, 1.165) is 6.42 Å². The Morgan fingerprint density at radius 1 is 1.04 bits per heavy atom. The van der Waals surface area contributed by atoms with Crippen LogP contribution in [0.25, 0.3) is 0 Å². The highest BCUT2D eigenvalue weighted by Gasteiger charge is 2.24. The lowest BCUT2D eigenvalue weighted by molar-refractivity contribution is -0.159. The molecule has 0 saturated carbocycles. The van der Waals surface area contributed by atoms with Crippen molar-refractivity contribution < 1.29 is 19.1 Å². The largest absolute Gasteiger partial charge is 0.477 e. The number of anilines is 1. The number of aryl methyl sites for hydroxylation is 1. The Labute approximate surface area is 168 Å². The summed E-state index contributed by atoms with van der Waals surface area (Å²) in [6.45, 7) is 5.06. The van der Waals surface area contributed by atoms with E-state index in [-0.39, 0.29) is 5.02 Å². The van der Waals surface area contributed by atoms with Gasteiger partial charge in [-0.1, -0.05) is 42.3 Å². The van der Waals surface area contributed by atoms with Crippen LogP contribution in [0.15, 0.2) is 42.5 Å². The summed E-state index contributed by atoms with van der Waals surface area (Å²) in [4.78, 5) is 24.4. The van der Waals surface area contributed by atoms with Crippen LogP contribution in [0.3, 0.4) is 0 Å². The van der Waals surface area contributed by atoms with Gasteiger partial charge < -0.3 is 14.8 Å². The van der Waals surface area contributed by atoms with Crippen molar-refractivity contribution in [2.45, 2.75) is 39.4 Å². The van der Waals surface area contributed by atoms with Crippen molar-refractivity contribution in [2.24, 2.45) is 0 Å². The van der Waals surface area contributed by atoms with Gasteiger partial charge in [-0.25, -0.2) is 4.79 Å². The van der Waals surface area contributed by atoms with E-state index >= 15 is 0 Å². The molecule has 5 nitrogen and oxygen atoms in total. The Morgan fingerprint density at radius 2 is 1.70 bits per heavy atom. The number of carbonyl (C=O) groups excluding carboxylic acids is 2. The van der Waals surface area contributed by atoms with Gasteiger partial charge in [0.15, 0.2) is 12.2 Å². The lowest BCUT2D eigenvalue weighted by atomic mass is 10.1. The number of amides is 1. The Hall–Kier alpha value is -2.24. The predicted octanol–water partition coefficient (Wildman–Crippen LogP) is 4.89. The first-order chi connectivity index (χ1) is 12.8. The van der Waals surface area contributed by atoms with Gasteiger partial charge in [0, 0.05) is 10.7 Å². The third-order valence-corrected chi connectivity index (χ3v) is 4.35. The maximum Gasteiger partial charge on any atom is 0.347 e. The molecule has 0 aliphatic heterocycles. The number of nitrogens with one attached hydrogen (secondary N) is 1. The summed E-state index contributed by atoms with van der Waals surface area (Å²) in [6.07, 6.45) is -1.00. The molecule has 0 radical (unpaired) electrons. The predicted molar refractivity (Wildman–Crippen MR) is 107 cm³/mol. The third kappa shape index (κ3) is 6.15. The highest BCUT2D eigenvalue weighted by Crippen LogP contribution is 2.28. The highest BCUT2D eigenvalue weighted by molar-refractivity contribution is 6.35. The fraction of sp³-hybridized carbons (Fsp3) is 0.300. The van der Waals surface area contributed by atoms with Gasteiger partial charge >= 0.3 is 5.97 Å². The van der Waals surface area contributed by atoms with Crippen molar-refractivity contribution in [3.8, 4) is 5.75 Å². The zero-order valence-electron chi connectivity index (χ0n) is 15.3. The molecule has 27 heavy (non-hydrogen) atoms. The van der Waals surface area contributed by atoms with Gasteiger partial charge in [-0.05, 0) is 56.2 Å². The van der Waals surface area contributed by atoms with Crippen LogP contribution in [0.1, 0.15) is 26.3 Å². The molecular formula is C20H21Cl2NO4. The molecule has 2 atom stereocenters. The van der Waals surface area contributed by atoms with Gasteiger partial charge in [-0.2, -0.15) is 0 Å². The second-order valence-corrected chi connectivity index (χ2v) is 6.80. The fourth-order valence-electron chi connectivity index (χ4n) is 2.20. The second kappa shape index (κ2) is 9.62. The summed E-state index contributed by atoms with van der Waals surface area (Å²) >= 11 is 11.8. The monoisotopic (exact) mass is 409 g/mol. The zero-order valence-corrected chi connectivity index (χ0v) is 16.8. The minimum Gasteiger partial charge on any atom is -0.477 e. The molecule has 0 aliphatic carbocycles. The van der Waals surface area contributed by atoms with Gasteiger partial charge in [0.2, 0.25) is 0 Å². The summed E-state index contributed by atoms with van der Waals surface area (Å²) in [5, 5.41) is 3.45. The second-order valence-electron chi connectivity index (χ2n) is 5.95. The van der Waals surface area contributed by atoms with Crippen LogP contribution in [0.2, 0.25) is 10.0 Å². The first-order valence-electron chi connectivity index (χ1n) is 8.52. The van der Waals surface area contributed by atoms with Crippen molar-refractivity contribution >= 4 is 40.8 Å². The molecule has 144 valence electrons. The number of esters is 1. The molecule has 0 fully saturated rings. The number of halogens is 2. The Morgan fingerprint density at radius 3 is 2.30 bits per heavy atom. The topological polar surface area (TPSA) is 64.6 Å². The summed E-state index contributed by atoms with van der Waals surface area (Å²) in [6, 6.07) is 12.1. The van der Waals surface area contributed by atoms with Crippen LogP contribution in [0.5, 0.6) is 5.75 Å². The molecule has 1 amide bonds. The van der Waals surface area contributed by atoms with Crippen LogP contribution in [0, 0.1) is 0 Å². The maximum atomic E-state index is 12.2. The lowest BCUT2D eigenvalue weighted by Gasteiger charge is -2.18. The summed E-state index contributed by atoms with van der Waals surface area (Å²) in [7, 11) is 0. The summed E-state index contributed by atoms with van der Waals surface area (Å²) in [5.41, 5.74) is 1.80. The van der Waals surface area contributed by atoms with Crippen molar-refractivity contribution in [3.05, 3.63) is 58.1 Å². The highest BCUT2D eigenvalue weighted by atomic mass is 35.5. The molecule has 0 aromatic heterocycles. The fourth-order valence-corrected chi connectivity index (χ4v) is 2.65. The molecule has 0 unspecified atom stereocenters. The molecule has 0 aliphatic rings. The molecule has 0 bridgehead atoms. The first-order valence-corrected chi connectivity index (χ1v) is 9.27. The van der Waals surface area contributed by atoms with Crippen LogP contribution in [-0.2, 0) is 20.7 Å². The average molecular weight is 410 g/mol. The lowest BCUT2D eigenvalue weighted by Crippen LogP contribution is -2.35. The van der Waals surface area contributed by atoms with Gasteiger partial charge in [0.05, 0.1) is 5.02 Å². The maximum absolute atomic E-state index is 12.2. The van der Waals surface area contributed by atoms with E-state index in [1.165, 1.54) is 25.5 Å². The summed E-state index contributed by atoms with van der Waals surface area (Å²) < 4.78 is 10.7. The van der Waals surface area contributed by atoms with E-state index in [1.807, 2.05) is 12.1 Å². The van der Waals surface area contributed by atoms with E-state index in [0.29, 0.717) is 16.5 Å². The van der Waals surface area contributed by atoms with E-state index < -0.39 is 24.1 Å². The Bertz CT molecular complexity index is 808. The van der Waals surface area contributed by atoms with Crippen molar-refractivity contribution in [1.29, 1.82) is 0 Å². The van der Waals surface area contributed by atoms with E-state index in [9.17, 15) is 9.59 Å². The van der Waals surface area contributed by atoms with E-state index in [2.05, 4.69) is 12.2 Å². The van der Waals surface area contributed by atoms with Gasteiger partial charge in [0.25, 0.3) is 5.91 Å². The van der Waals surface area contributed by atoms with Crippen LogP contribution >= 0.6 is 23.2 Å². The number of rotatable bonds is 7. The molecule has 1 N–H and O–H groups in total. The minimum atomic E-state index is -0.977. The standard InChI is InChI=1S/C20H21Cl2NO4/c1-4-14-5-8-16(9-6-14)23-19(24)12(2)27-20(25)13(3)26-18-10-7-15(21)11-17(18)22/h5-13H,4H2,1-3H3,(H,23,24)/t12-,13+/m1/s1. The molecular weight excluding hydrogens is 389 g/mol. The van der Waals surface area contributed by atoms with Gasteiger partial charge in [0.1, 0.15) is 5.75 Å². The number of hydrogen-bond acceptors (Lipinski definition) is 4. The van der Waals surface area contributed by atoms with Crippen molar-refractivity contribution in [3.63, 3.8) is 0 Å². The van der Waals surface area contributed by atoms with Crippen LogP contribution < -0.4 is 10.1 Å². The zero-order chi connectivity index (χ0) is 20.0. The normalized spacial score (nSPS) is 12.8. The molecule has 2 aromatic rings. The number of benzene rings is 2. The van der Waals surface area contributed by atoms with Gasteiger partial charge in [-0.3, -0.25) is 4.79 Å².